The van der Waals surface area contributed by atoms with E-state index < -0.39 is 0 Å². The molecule has 1 aliphatic heterocycles. The normalized spacial score (nSPS) is 17.7. The van der Waals surface area contributed by atoms with Crippen LogP contribution in [0.15, 0.2) is 28.9 Å². The SMILES string of the molecule is CCCNC(=O)N1CCC(c2noc(-c3ccccn3)n2)C1. The number of likely N-dealkylation sites (tertiary alicyclic amines) is 1. The predicted octanol–water partition coefficient (Wildman–Crippen LogP) is 2.04. The van der Waals surface area contributed by atoms with Gasteiger partial charge >= 0.3 is 6.03 Å². The van der Waals surface area contributed by atoms with E-state index in [0.29, 0.717) is 37.0 Å². The van der Waals surface area contributed by atoms with Gasteiger partial charge in [0.2, 0.25) is 0 Å². The molecule has 2 amide bonds. The number of hydrogen-bond donors (Lipinski definition) is 1. The van der Waals surface area contributed by atoms with E-state index in [2.05, 4.69) is 20.4 Å². The first kappa shape index (κ1) is 14.5. The minimum Gasteiger partial charge on any atom is -0.338 e. The smallest absolute Gasteiger partial charge is 0.317 e. The zero-order chi connectivity index (χ0) is 15.4. The van der Waals surface area contributed by atoms with E-state index in [-0.39, 0.29) is 11.9 Å². The minimum absolute atomic E-state index is 0.0159. The molecular formula is C15H19N5O2. The summed E-state index contributed by atoms with van der Waals surface area (Å²) in [6.07, 6.45) is 3.47. The van der Waals surface area contributed by atoms with Crippen molar-refractivity contribution in [2.75, 3.05) is 19.6 Å². The second-order valence-electron chi connectivity index (χ2n) is 5.34. The van der Waals surface area contributed by atoms with Crippen LogP contribution < -0.4 is 5.32 Å². The average molecular weight is 301 g/mol. The fourth-order valence-corrected chi connectivity index (χ4v) is 2.49. The summed E-state index contributed by atoms with van der Waals surface area (Å²) < 4.78 is 5.28. The number of nitrogens with one attached hydrogen (secondary N) is 1. The molecule has 0 bridgehead atoms. The molecule has 1 N–H and O–H groups in total. The summed E-state index contributed by atoms with van der Waals surface area (Å²) in [5, 5.41) is 6.94. The van der Waals surface area contributed by atoms with E-state index in [0.717, 1.165) is 12.8 Å². The molecule has 3 rings (SSSR count). The molecule has 1 saturated heterocycles. The summed E-state index contributed by atoms with van der Waals surface area (Å²) in [6.45, 7) is 4.07. The van der Waals surface area contributed by atoms with E-state index in [9.17, 15) is 4.79 Å². The lowest BCUT2D eigenvalue weighted by Crippen LogP contribution is -2.38. The highest BCUT2D eigenvalue weighted by Crippen LogP contribution is 2.26. The summed E-state index contributed by atoms with van der Waals surface area (Å²) in [4.78, 5) is 22.4. The van der Waals surface area contributed by atoms with Crippen LogP contribution in [0.25, 0.3) is 11.6 Å². The maximum absolute atomic E-state index is 11.9. The third kappa shape index (κ3) is 3.08. The van der Waals surface area contributed by atoms with Crippen LogP contribution >= 0.6 is 0 Å². The number of urea groups is 1. The van der Waals surface area contributed by atoms with Crippen LogP contribution in [0.3, 0.4) is 0 Å². The number of amides is 2. The molecule has 3 heterocycles. The first-order chi connectivity index (χ1) is 10.8. The van der Waals surface area contributed by atoms with Crippen LogP contribution in [0.4, 0.5) is 4.79 Å². The molecule has 0 aliphatic carbocycles. The van der Waals surface area contributed by atoms with Gasteiger partial charge in [-0.15, -0.1) is 0 Å². The number of carbonyl (C=O) groups is 1. The van der Waals surface area contributed by atoms with E-state index in [4.69, 9.17) is 4.52 Å². The van der Waals surface area contributed by atoms with Gasteiger partial charge in [-0.2, -0.15) is 4.98 Å². The predicted molar refractivity (Wildman–Crippen MR) is 80.1 cm³/mol. The second kappa shape index (κ2) is 6.55. The lowest BCUT2D eigenvalue weighted by Gasteiger charge is -2.16. The van der Waals surface area contributed by atoms with Gasteiger partial charge in [-0.25, -0.2) is 4.79 Å². The second-order valence-corrected chi connectivity index (χ2v) is 5.34. The molecule has 7 heteroatoms. The van der Waals surface area contributed by atoms with Crippen molar-refractivity contribution in [3.8, 4) is 11.6 Å². The number of aromatic nitrogens is 3. The van der Waals surface area contributed by atoms with Crippen molar-refractivity contribution in [3.05, 3.63) is 30.2 Å². The quantitative estimate of drug-likeness (QED) is 0.934. The monoisotopic (exact) mass is 301 g/mol. The molecule has 1 fully saturated rings. The summed E-state index contributed by atoms with van der Waals surface area (Å²) in [5.41, 5.74) is 0.664. The van der Waals surface area contributed by atoms with Gasteiger partial charge in [0.15, 0.2) is 5.82 Å². The molecule has 22 heavy (non-hydrogen) atoms. The standard InChI is InChI=1S/C15H19N5O2/c1-2-7-17-15(21)20-9-6-11(10-20)13-18-14(22-19-13)12-5-3-4-8-16-12/h3-5,8,11H,2,6-7,9-10H2,1H3,(H,17,21). The molecule has 0 aromatic carbocycles. The van der Waals surface area contributed by atoms with Gasteiger partial charge in [-0.3, -0.25) is 4.98 Å². The van der Waals surface area contributed by atoms with Gasteiger partial charge < -0.3 is 14.7 Å². The Morgan fingerprint density at radius 1 is 1.50 bits per heavy atom. The van der Waals surface area contributed by atoms with Crippen molar-refractivity contribution in [1.82, 2.24) is 25.3 Å². The number of nitrogens with zero attached hydrogens (tertiary/aromatic N) is 4. The number of hydrogen-bond acceptors (Lipinski definition) is 5. The highest BCUT2D eigenvalue weighted by atomic mass is 16.5. The van der Waals surface area contributed by atoms with E-state index >= 15 is 0 Å². The first-order valence-corrected chi connectivity index (χ1v) is 7.55. The lowest BCUT2D eigenvalue weighted by atomic mass is 10.1. The maximum atomic E-state index is 11.9. The van der Waals surface area contributed by atoms with E-state index in [1.807, 2.05) is 25.1 Å². The third-order valence-corrected chi connectivity index (χ3v) is 3.69. The summed E-state index contributed by atoms with van der Waals surface area (Å²) in [7, 11) is 0. The van der Waals surface area contributed by atoms with Gasteiger partial charge in [-0.1, -0.05) is 18.1 Å². The zero-order valence-electron chi connectivity index (χ0n) is 12.5. The van der Waals surface area contributed by atoms with Crippen molar-refractivity contribution in [2.24, 2.45) is 0 Å². The van der Waals surface area contributed by atoms with Crippen LogP contribution in [0, 0.1) is 0 Å². The molecular weight excluding hydrogens is 282 g/mol. The molecule has 7 nitrogen and oxygen atoms in total. The number of pyridine rings is 1. The van der Waals surface area contributed by atoms with Crippen molar-refractivity contribution in [1.29, 1.82) is 0 Å². The van der Waals surface area contributed by atoms with Crippen molar-refractivity contribution >= 4 is 6.03 Å². The van der Waals surface area contributed by atoms with Crippen molar-refractivity contribution in [2.45, 2.75) is 25.7 Å². The largest absolute Gasteiger partial charge is 0.338 e. The van der Waals surface area contributed by atoms with Gasteiger partial charge in [0, 0.05) is 31.7 Å². The summed E-state index contributed by atoms with van der Waals surface area (Å²) >= 11 is 0. The Bertz CT molecular complexity index is 628. The Labute approximate surface area is 128 Å². The Morgan fingerprint density at radius 3 is 3.18 bits per heavy atom. The van der Waals surface area contributed by atoms with Gasteiger partial charge in [0.25, 0.3) is 5.89 Å². The molecule has 1 atom stereocenters. The minimum atomic E-state index is -0.0159. The van der Waals surface area contributed by atoms with Crippen molar-refractivity contribution < 1.29 is 9.32 Å². The maximum Gasteiger partial charge on any atom is 0.317 e. The van der Waals surface area contributed by atoms with Gasteiger partial charge in [0.05, 0.1) is 0 Å². The topological polar surface area (TPSA) is 84.2 Å². The number of carbonyl (C=O) groups excluding carboxylic acids is 1. The average Bonchev–Trinajstić information content (AvgIpc) is 3.22. The molecule has 1 aliphatic rings. The fourth-order valence-electron chi connectivity index (χ4n) is 2.49. The molecule has 116 valence electrons. The van der Waals surface area contributed by atoms with Crippen LogP contribution in [-0.4, -0.2) is 45.7 Å². The van der Waals surface area contributed by atoms with E-state index in [1.165, 1.54) is 0 Å². The third-order valence-electron chi connectivity index (χ3n) is 3.69. The highest BCUT2D eigenvalue weighted by Gasteiger charge is 2.30. The first-order valence-electron chi connectivity index (χ1n) is 7.55. The lowest BCUT2D eigenvalue weighted by molar-refractivity contribution is 0.208. The Morgan fingerprint density at radius 2 is 2.41 bits per heavy atom. The fraction of sp³-hybridized carbons (Fsp3) is 0.467. The molecule has 1 unspecified atom stereocenters. The van der Waals surface area contributed by atoms with Gasteiger partial charge in [-0.05, 0) is 25.0 Å². The number of rotatable bonds is 4. The Kier molecular flexibility index (Phi) is 4.32. The zero-order valence-corrected chi connectivity index (χ0v) is 12.5. The van der Waals surface area contributed by atoms with Crippen LogP contribution in [-0.2, 0) is 0 Å². The Hall–Kier alpha value is -2.44. The van der Waals surface area contributed by atoms with Crippen LogP contribution in [0.2, 0.25) is 0 Å². The van der Waals surface area contributed by atoms with Crippen LogP contribution in [0.5, 0.6) is 0 Å². The van der Waals surface area contributed by atoms with Crippen molar-refractivity contribution in [3.63, 3.8) is 0 Å². The summed E-state index contributed by atoms with van der Waals surface area (Å²) in [5.74, 6) is 1.18. The highest BCUT2D eigenvalue weighted by molar-refractivity contribution is 5.74. The molecule has 2 aromatic heterocycles. The van der Waals surface area contributed by atoms with Crippen LogP contribution in [0.1, 0.15) is 31.5 Å². The molecule has 2 aromatic rings. The molecule has 0 radical (unpaired) electrons. The molecule has 0 spiro atoms. The summed E-state index contributed by atoms with van der Waals surface area (Å²) in [6, 6.07) is 5.53. The molecule has 0 saturated carbocycles. The van der Waals surface area contributed by atoms with Gasteiger partial charge in [0.1, 0.15) is 5.69 Å². The Balaban J connectivity index is 1.64. The van der Waals surface area contributed by atoms with E-state index in [1.54, 1.807) is 11.1 Å².